The Labute approximate surface area is 129 Å². The van der Waals surface area contributed by atoms with E-state index in [0.29, 0.717) is 12.0 Å². The van der Waals surface area contributed by atoms with Gasteiger partial charge in [0.2, 0.25) is 0 Å². The van der Waals surface area contributed by atoms with E-state index in [-0.39, 0.29) is 11.9 Å². The predicted octanol–water partition coefficient (Wildman–Crippen LogP) is 3.10. The average Bonchev–Trinajstić information content (AvgIpc) is 2.93. The first kappa shape index (κ1) is 17.2. The molecule has 0 bridgehead atoms. The summed E-state index contributed by atoms with van der Waals surface area (Å²) in [5, 5.41) is 3.65. The molecule has 0 aromatic carbocycles. The minimum atomic E-state index is -0.358. The molecule has 1 aliphatic heterocycles. The molecular weight excluding hydrogens is 266 g/mol. The molecule has 1 heterocycles. The molecule has 0 radical (unpaired) electrons. The first-order valence-electron chi connectivity index (χ1n) is 8.82. The van der Waals surface area contributed by atoms with Gasteiger partial charge in [0.1, 0.15) is 0 Å². The molecule has 2 fully saturated rings. The Morgan fingerprint density at radius 1 is 1.24 bits per heavy atom. The Kier molecular flexibility index (Phi) is 6.93. The second-order valence-electron chi connectivity index (χ2n) is 6.68. The highest BCUT2D eigenvalue weighted by Gasteiger charge is 2.45. The van der Waals surface area contributed by atoms with Crippen LogP contribution in [0, 0.1) is 5.92 Å². The summed E-state index contributed by atoms with van der Waals surface area (Å²) >= 11 is 0. The molecule has 4 nitrogen and oxygen atoms in total. The van der Waals surface area contributed by atoms with E-state index in [1.165, 1.54) is 12.8 Å². The molecular formula is C17H33NO3. The van der Waals surface area contributed by atoms with Crippen LogP contribution in [0.1, 0.15) is 59.3 Å². The van der Waals surface area contributed by atoms with Crippen molar-refractivity contribution in [2.75, 3.05) is 26.4 Å². The minimum absolute atomic E-state index is 0.211. The highest BCUT2D eigenvalue weighted by molar-refractivity contribution is 4.92. The number of ether oxygens (including phenoxy) is 3. The van der Waals surface area contributed by atoms with Crippen molar-refractivity contribution in [1.29, 1.82) is 0 Å². The fourth-order valence-corrected chi connectivity index (χ4v) is 3.47. The molecule has 2 aliphatic rings. The molecule has 124 valence electrons. The van der Waals surface area contributed by atoms with Crippen LogP contribution in [0.15, 0.2) is 0 Å². The lowest BCUT2D eigenvalue weighted by atomic mass is 9.87. The zero-order chi connectivity index (χ0) is 15.1. The van der Waals surface area contributed by atoms with Crippen molar-refractivity contribution < 1.29 is 14.2 Å². The molecule has 3 atom stereocenters. The molecule has 3 unspecified atom stereocenters. The topological polar surface area (TPSA) is 39.7 Å². The standard InChI is InChI=1S/C17H33NO3/c1-4-6-14(3)13-19-16-12-17(20-10-11-21-17)8-7-15(16)18-9-5-2/h14-16,18H,4-13H2,1-3H3. The Balaban J connectivity index is 1.88. The lowest BCUT2D eigenvalue weighted by molar-refractivity contribution is -0.208. The molecule has 4 heteroatoms. The van der Waals surface area contributed by atoms with Gasteiger partial charge < -0.3 is 19.5 Å². The van der Waals surface area contributed by atoms with Crippen LogP contribution in [-0.2, 0) is 14.2 Å². The highest BCUT2D eigenvalue weighted by Crippen LogP contribution is 2.37. The molecule has 1 saturated carbocycles. The second-order valence-corrected chi connectivity index (χ2v) is 6.68. The maximum Gasteiger partial charge on any atom is 0.171 e. The fraction of sp³-hybridized carbons (Fsp3) is 1.00. The van der Waals surface area contributed by atoms with Gasteiger partial charge in [0.05, 0.1) is 19.3 Å². The maximum absolute atomic E-state index is 6.27. The van der Waals surface area contributed by atoms with Gasteiger partial charge in [-0.1, -0.05) is 27.2 Å². The van der Waals surface area contributed by atoms with E-state index >= 15 is 0 Å². The fourth-order valence-electron chi connectivity index (χ4n) is 3.47. The largest absolute Gasteiger partial charge is 0.376 e. The summed E-state index contributed by atoms with van der Waals surface area (Å²) in [5.74, 6) is 0.272. The number of rotatable bonds is 8. The van der Waals surface area contributed by atoms with E-state index in [0.717, 1.165) is 52.0 Å². The normalized spacial score (nSPS) is 29.9. The van der Waals surface area contributed by atoms with Crippen LogP contribution in [0.4, 0.5) is 0 Å². The Hall–Kier alpha value is -0.160. The van der Waals surface area contributed by atoms with Gasteiger partial charge in [-0.2, -0.15) is 0 Å². The summed E-state index contributed by atoms with van der Waals surface area (Å²) in [6.45, 7) is 10.1. The van der Waals surface area contributed by atoms with Crippen molar-refractivity contribution in [2.45, 2.75) is 77.2 Å². The Morgan fingerprint density at radius 2 is 2.00 bits per heavy atom. The lowest BCUT2D eigenvalue weighted by Crippen LogP contribution is -2.52. The highest BCUT2D eigenvalue weighted by atomic mass is 16.7. The Morgan fingerprint density at radius 3 is 2.67 bits per heavy atom. The SMILES string of the molecule is CCCNC1CCC2(CC1OCC(C)CCC)OCCO2. The van der Waals surface area contributed by atoms with Crippen LogP contribution in [0.25, 0.3) is 0 Å². The van der Waals surface area contributed by atoms with Crippen molar-refractivity contribution in [3.63, 3.8) is 0 Å². The summed E-state index contributed by atoms with van der Waals surface area (Å²) in [6.07, 6.45) is 6.76. The van der Waals surface area contributed by atoms with E-state index in [1.807, 2.05) is 0 Å². The molecule has 0 aromatic rings. The van der Waals surface area contributed by atoms with Crippen LogP contribution >= 0.6 is 0 Å². The molecule has 1 spiro atoms. The smallest absolute Gasteiger partial charge is 0.171 e. The maximum atomic E-state index is 6.27. The van der Waals surface area contributed by atoms with Crippen LogP contribution in [0.3, 0.4) is 0 Å². The van der Waals surface area contributed by atoms with Crippen LogP contribution in [0.5, 0.6) is 0 Å². The van der Waals surface area contributed by atoms with Gasteiger partial charge in [-0.15, -0.1) is 0 Å². The average molecular weight is 299 g/mol. The molecule has 1 N–H and O–H groups in total. The zero-order valence-corrected chi connectivity index (χ0v) is 14.0. The van der Waals surface area contributed by atoms with Crippen LogP contribution in [0.2, 0.25) is 0 Å². The lowest BCUT2D eigenvalue weighted by Gasteiger charge is -2.41. The first-order chi connectivity index (χ1) is 10.2. The van der Waals surface area contributed by atoms with Gasteiger partial charge in [-0.3, -0.25) is 0 Å². The van der Waals surface area contributed by atoms with E-state index in [9.17, 15) is 0 Å². The van der Waals surface area contributed by atoms with Crippen molar-refractivity contribution in [1.82, 2.24) is 5.32 Å². The van der Waals surface area contributed by atoms with E-state index in [4.69, 9.17) is 14.2 Å². The molecule has 2 rings (SSSR count). The van der Waals surface area contributed by atoms with Gasteiger partial charge in [0.15, 0.2) is 5.79 Å². The van der Waals surface area contributed by atoms with Gasteiger partial charge >= 0.3 is 0 Å². The van der Waals surface area contributed by atoms with Gasteiger partial charge in [-0.25, -0.2) is 0 Å². The van der Waals surface area contributed by atoms with E-state index < -0.39 is 0 Å². The van der Waals surface area contributed by atoms with Crippen molar-refractivity contribution >= 4 is 0 Å². The quantitative estimate of drug-likeness (QED) is 0.747. The monoisotopic (exact) mass is 299 g/mol. The zero-order valence-electron chi connectivity index (χ0n) is 14.0. The number of hydrogen-bond donors (Lipinski definition) is 1. The van der Waals surface area contributed by atoms with Crippen LogP contribution in [-0.4, -0.2) is 44.3 Å². The van der Waals surface area contributed by atoms with Crippen molar-refractivity contribution in [3.8, 4) is 0 Å². The van der Waals surface area contributed by atoms with Gasteiger partial charge in [-0.05, 0) is 31.7 Å². The van der Waals surface area contributed by atoms with Crippen molar-refractivity contribution in [3.05, 3.63) is 0 Å². The molecule has 21 heavy (non-hydrogen) atoms. The van der Waals surface area contributed by atoms with Gasteiger partial charge in [0, 0.05) is 25.5 Å². The summed E-state index contributed by atoms with van der Waals surface area (Å²) in [5.41, 5.74) is 0. The van der Waals surface area contributed by atoms with Gasteiger partial charge in [0.25, 0.3) is 0 Å². The van der Waals surface area contributed by atoms with Crippen LogP contribution < -0.4 is 5.32 Å². The van der Waals surface area contributed by atoms with E-state index in [2.05, 4.69) is 26.1 Å². The summed E-state index contributed by atoms with van der Waals surface area (Å²) < 4.78 is 18.0. The number of nitrogens with one attached hydrogen (secondary N) is 1. The molecule has 1 aliphatic carbocycles. The third-order valence-electron chi connectivity index (χ3n) is 4.64. The first-order valence-corrected chi connectivity index (χ1v) is 8.82. The third kappa shape index (κ3) is 4.92. The minimum Gasteiger partial charge on any atom is -0.376 e. The van der Waals surface area contributed by atoms with E-state index in [1.54, 1.807) is 0 Å². The summed E-state index contributed by atoms with van der Waals surface area (Å²) in [7, 11) is 0. The van der Waals surface area contributed by atoms with Crippen molar-refractivity contribution in [2.24, 2.45) is 5.92 Å². The molecule has 0 aromatic heterocycles. The summed E-state index contributed by atoms with van der Waals surface area (Å²) in [6, 6.07) is 0.442. The molecule has 0 amide bonds. The Bertz CT molecular complexity index is 292. The molecule has 1 saturated heterocycles. The number of hydrogen-bond acceptors (Lipinski definition) is 4. The predicted molar refractivity (Wildman–Crippen MR) is 84.4 cm³/mol. The summed E-state index contributed by atoms with van der Waals surface area (Å²) in [4.78, 5) is 0. The second kappa shape index (κ2) is 8.47. The third-order valence-corrected chi connectivity index (χ3v) is 4.64.